The number of hydrogen-bond donors (Lipinski definition) is 0. The minimum absolute atomic E-state index is 0.211. The molecule has 1 amide bonds. The maximum absolute atomic E-state index is 11.8. The molecule has 27 heavy (non-hydrogen) atoms. The van der Waals surface area contributed by atoms with E-state index in [0.717, 1.165) is 40.5 Å². The number of hydrogen-bond acceptors (Lipinski definition) is 6. The zero-order chi connectivity index (χ0) is 18.8. The topological polar surface area (TPSA) is 63.0 Å². The summed E-state index contributed by atoms with van der Waals surface area (Å²) >= 11 is 5.12. The van der Waals surface area contributed by atoms with Gasteiger partial charge >= 0.3 is 6.09 Å². The highest BCUT2D eigenvalue weighted by Gasteiger charge is 2.22. The van der Waals surface area contributed by atoms with E-state index < -0.39 is 0 Å². The molecule has 1 aliphatic rings. The molecule has 142 valence electrons. The average molecular weight is 450 g/mol. The first-order valence-electron chi connectivity index (χ1n) is 8.87. The second-order valence-corrected chi connectivity index (χ2v) is 8.35. The third-order valence-electron chi connectivity index (χ3n) is 4.54. The van der Waals surface area contributed by atoms with Crippen LogP contribution in [-0.4, -0.2) is 63.3 Å². The van der Waals surface area contributed by atoms with Crippen molar-refractivity contribution in [3.05, 3.63) is 39.8 Å². The predicted molar refractivity (Wildman–Crippen MR) is 108 cm³/mol. The van der Waals surface area contributed by atoms with Crippen LogP contribution in [0.4, 0.5) is 4.79 Å². The number of aromatic nitrogens is 3. The van der Waals surface area contributed by atoms with Crippen molar-refractivity contribution < 1.29 is 9.53 Å². The second kappa shape index (κ2) is 7.95. The van der Waals surface area contributed by atoms with E-state index >= 15 is 0 Å². The molecule has 0 N–H and O–H groups in total. The average Bonchev–Trinajstić information content (AvgIpc) is 3.23. The summed E-state index contributed by atoms with van der Waals surface area (Å²) in [6.45, 7) is 6.19. The first-order valence-corrected chi connectivity index (χ1v) is 10.5. The van der Waals surface area contributed by atoms with Gasteiger partial charge in [-0.1, -0.05) is 39.4 Å². The van der Waals surface area contributed by atoms with Crippen molar-refractivity contribution in [2.45, 2.75) is 13.5 Å². The number of halogens is 1. The Hall–Kier alpha value is -1.97. The van der Waals surface area contributed by atoms with Crippen LogP contribution in [-0.2, 0) is 11.3 Å². The van der Waals surface area contributed by atoms with E-state index in [1.165, 1.54) is 4.88 Å². The molecule has 1 aliphatic heterocycles. The zero-order valence-electron chi connectivity index (χ0n) is 15.0. The van der Waals surface area contributed by atoms with Gasteiger partial charge in [-0.05, 0) is 19.1 Å². The zero-order valence-corrected chi connectivity index (χ0v) is 17.4. The summed E-state index contributed by atoms with van der Waals surface area (Å²) in [4.78, 5) is 18.1. The third kappa shape index (κ3) is 3.99. The lowest BCUT2D eigenvalue weighted by Gasteiger charge is -2.33. The standard InChI is InChI=1S/C18H20BrN5O2S/c1-2-26-18(25)23-9-7-22(8-10-23)11-15-12-24-16(20-21-17(24)27-15)13-3-5-14(19)6-4-13/h3-6,12H,2,7-11H2,1H3. The van der Waals surface area contributed by atoms with Crippen LogP contribution in [0.15, 0.2) is 34.9 Å². The molecule has 1 aromatic carbocycles. The summed E-state index contributed by atoms with van der Waals surface area (Å²) in [5.74, 6) is 0.854. The van der Waals surface area contributed by atoms with E-state index in [-0.39, 0.29) is 6.09 Å². The second-order valence-electron chi connectivity index (χ2n) is 6.34. The van der Waals surface area contributed by atoms with Crippen LogP contribution in [0.25, 0.3) is 16.3 Å². The van der Waals surface area contributed by atoms with E-state index in [0.29, 0.717) is 19.7 Å². The Kier molecular flexibility index (Phi) is 5.42. The van der Waals surface area contributed by atoms with Crippen LogP contribution in [0, 0.1) is 0 Å². The third-order valence-corrected chi connectivity index (χ3v) is 6.03. The van der Waals surface area contributed by atoms with Gasteiger partial charge in [-0.25, -0.2) is 4.79 Å². The fourth-order valence-corrected chi connectivity index (χ4v) is 4.37. The predicted octanol–water partition coefficient (Wildman–Crippen LogP) is 3.49. The molecule has 0 bridgehead atoms. The van der Waals surface area contributed by atoms with E-state index in [1.54, 1.807) is 16.2 Å². The van der Waals surface area contributed by atoms with Crippen LogP contribution >= 0.6 is 27.3 Å². The van der Waals surface area contributed by atoms with Crippen molar-refractivity contribution in [2.24, 2.45) is 0 Å². The monoisotopic (exact) mass is 449 g/mol. The SMILES string of the molecule is CCOC(=O)N1CCN(Cc2cn3c(-c4ccc(Br)cc4)nnc3s2)CC1. The van der Waals surface area contributed by atoms with E-state index in [2.05, 4.69) is 41.6 Å². The summed E-state index contributed by atoms with van der Waals surface area (Å²) in [6, 6.07) is 8.08. The molecule has 4 rings (SSSR count). The highest BCUT2D eigenvalue weighted by molar-refractivity contribution is 9.10. The van der Waals surface area contributed by atoms with Gasteiger partial charge in [-0.15, -0.1) is 10.2 Å². The fraction of sp³-hybridized carbons (Fsp3) is 0.389. The molecular formula is C18H20BrN5O2S. The molecule has 7 nitrogen and oxygen atoms in total. The lowest BCUT2D eigenvalue weighted by Crippen LogP contribution is -2.48. The van der Waals surface area contributed by atoms with Gasteiger partial charge in [-0.2, -0.15) is 0 Å². The maximum Gasteiger partial charge on any atom is 0.409 e. The van der Waals surface area contributed by atoms with E-state index in [4.69, 9.17) is 4.74 Å². The lowest BCUT2D eigenvalue weighted by molar-refractivity contribution is 0.0781. The smallest absolute Gasteiger partial charge is 0.409 e. The van der Waals surface area contributed by atoms with Crippen molar-refractivity contribution in [1.29, 1.82) is 0 Å². The van der Waals surface area contributed by atoms with Gasteiger partial charge < -0.3 is 9.64 Å². The van der Waals surface area contributed by atoms with Gasteiger partial charge in [0, 0.05) is 53.8 Å². The van der Waals surface area contributed by atoms with Crippen LogP contribution < -0.4 is 0 Å². The molecule has 1 fully saturated rings. The molecule has 3 heterocycles. The quantitative estimate of drug-likeness (QED) is 0.609. The maximum atomic E-state index is 11.8. The van der Waals surface area contributed by atoms with Crippen molar-refractivity contribution in [3.8, 4) is 11.4 Å². The molecule has 0 unspecified atom stereocenters. The Morgan fingerprint density at radius 2 is 1.93 bits per heavy atom. The Morgan fingerprint density at radius 3 is 2.63 bits per heavy atom. The van der Waals surface area contributed by atoms with Crippen LogP contribution in [0.2, 0.25) is 0 Å². The number of benzene rings is 1. The summed E-state index contributed by atoms with van der Waals surface area (Å²) in [5.41, 5.74) is 1.04. The number of fused-ring (bicyclic) bond motifs is 1. The van der Waals surface area contributed by atoms with Gasteiger partial charge in [0.05, 0.1) is 6.61 Å². The van der Waals surface area contributed by atoms with Crippen molar-refractivity contribution >= 4 is 38.3 Å². The highest BCUT2D eigenvalue weighted by atomic mass is 79.9. The Bertz CT molecular complexity index is 931. The number of rotatable bonds is 4. The fourth-order valence-electron chi connectivity index (χ4n) is 3.14. The van der Waals surface area contributed by atoms with Crippen LogP contribution in [0.3, 0.4) is 0 Å². The Labute approximate surface area is 169 Å². The molecule has 0 radical (unpaired) electrons. The summed E-state index contributed by atoms with van der Waals surface area (Å²) in [7, 11) is 0. The summed E-state index contributed by atoms with van der Waals surface area (Å²) in [5, 5.41) is 8.65. The molecule has 0 saturated carbocycles. The molecule has 0 spiro atoms. The number of ether oxygens (including phenoxy) is 1. The number of thiazole rings is 1. The minimum Gasteiger partial charge on any atom is -0.450 e. The van der Waals surface area contributed by atoms with Gasteiger partial charge in [0.25, 0.3) is 0 Å². The van der Waals surface area contributed by atoms with Gasteiger partial charge in [0.1, 0.15) is 0 Å². The molecule has 2 aromatic heterocycles. The van der Waals surface area contributed by atoms with Gasteiger partial charge in [-0.3, -0.25) is 9.30 Å². The number of nitrogens with zero attached hydrogens (tertiary/aromatic N) is 5. The number of piperazine rings is 1. The Balaban J connectivity index is 1.43. The van der Waals surface area contributed by atoms with E-state index in [9.17, 15) is 4.79 Å². The van der Waals surface area contributed by atoms with Crippen molar-refractivity contribution in [3.63, 3.8) is 0 Å². The number of carbonyl (C=O) groups excluding carboxylic acids is 1. The molecule has 9 heteroatoms. The lowest BCUT2D eigenvalue weighted by atomic mass is 10.2. The van der Waals surface area contributed by atoms with Gasteiger partial charge in [0.15, 0.2) is 5.82 Å². The van der Waals surface area contributed by atoms with Gasteiger partial charge in [0.2, 0.25) is 4.96 Å². The number of carbonyl (C=O) groups is 1. The minimum atomic E-state index is -0.211. The number of amides is 1. The summed E-state index contributed by atoms with van der Waals surface area (Å²) < 4.78 is 8.17. The molecule has 0 aliphatic carbocycles. The highest BCUT2D eigenvalue weighted by Crippen LogP contribution is 2.26. The van der Waals surface area contributed by atoms with E-state index in [1.807, 2.05) is 31.2 Å². The van der Waals surface area contributed by atoms with Crippen LogP contribution in [0.1, 0.15) is 11.8 Å². The van der Waals surface area contributed by atoms with Crippen LogP contribution in [0.5, 0.6) is 0 Å². The van der Waals surface area contributed by atoms with Crippen molar-refractivity contribution in [1.82, 2.24) is 24.4 Å². The summed E-state index contributed by atoms with van der Waals surface area (Å²) in [6.07, 6.45) is 1.91. The first kappa shape index (κ1) is 18.4. The largest absolute Gasteiger partial charge is 0.450 e. The molecule has 3 aromatic rings. The molecule has 0 atom stereocenters. The Morgan fingerprint density at radius 1 is 1.19 bits per heavy atom. The molecule has 1 saturated heterocycles. The van der Waals surface area contributed by atoms with Crippen molar-refractivity contribution in [2.75, 3.05) is 32.8 Å². The normalized spacial score (nSPS) is 15.4. The molecular weight excluding hydrogens is 430 g/mol. The first-order chi connectivity index (χ1) is 13.1.